The normalized spacial score (nSPS) is 15.3. The molecule has 1 fully saturated rings. The lowest BCUT2D eigenvalue weighted by atomic mass is 10.1. The van der Waals surface area contributed by atoms with Crippen molar-refractivity contribution < 1.29 is 13.9 Å². The number of nitrogens with zero attached hydrogens (tertiary/aromatic N) is 2. The molecule has 0 aliphatic carbocycles. The van der Waals surface area contributed by atoms with E-state index in [1.807, 2.05) is 12.1 Å². The highest BCUT2D eigenvalue weighted by Gasteiger charge is 2.16. The first-order chi connectivity index (χ1) is 14.1. The number of amides is 1. The second-order valence-electron chi connectivity index (χ2n) is 7.40. The van der Waals surface area contributed by atoms with Crippen molar-refractivity contribution in [2.75, 3.05) is 39.8 Å². The first-order valence-corrected chi connectivity index (χ1v) is 10.2. The van der Waals surface area contributed by atoms with Gasteiger partial charge in [0.1, 0.15) is 0 Å². The van der Waals surface area contributed by atoms with E-state index in [1.165, 1.54) is 18.7 Å². The van der Waals surface area contributed by atoms with E-state index in [4.69, 9.17) is 4.74 Å². The number of halogens is 1. The van der Waals surface area contributed by atoms with Gasteiger partial charge < -0.3 is 15.0 Å². The van der Waals surface area contributed by atoms with Crippen molar-refractivity contribution in [3.63, 3.8) is 0 Å². The second-order valence-corrected chi connectivity index (χ2v) is 7.40. The quantitative estimate of drug-likeness (QED) is 0.742. The van der Waals surface area contributed by atoms with Crippen LogP contribution >= 0.6 is 0 Å². The fourth-order valence-electron chi connectivity index (χ4n) is 3.65. The lowest BCUT2D eigenvalue weighted by molar-refractivity contribution is -0.120. The van der Waals surface area contributed by atoms with Crippen LogP contribution in [0.2, 0.25) is 0 Å². The summed E-state index contributed by atoms with van der Waals surface area (Å²) in [6.07, 6.45) is 0.141. The summed E-state index contributed by atoms with van der Waals surface area (Å²) in [6.45, 7) is 9.02. The molecular weight excluding hydrogens is 369 g/mol. The molecule has 3 rings (SSSR count). The number of hydrogen-bond donors (Lipinski definition) is 1. The van der Waals surface area contributed by atoms with Gasteiger partial charge in [0.2, 0.25) is 5.91 Å². The average Bonchev–Trinajstić information content (AvgIpc) is 2.74. The van der Waals surface area contributed by atoms with Crippen LogP contribution in [0.15, 0.2) is 42.5 Å². The van der Waals surface area contributed by atoms with Gasteiger partial charge in [-0.05, 0) is 35.4 Å². The number of methoxy groups -OCH3 is 1. The van der Waals surface area contributed by atoms with Gasteiger partial charge in [0.25, 0.3) is 0 Å². The van der Waals surface area contributed by atoms with Crippen molar-refractivity contribution in [1.82, 2.24) is 15.1 Å². The number of piperazine rings is 1. The Morgan fingerprint density at radius 3 is 2.41 bits per heavy atom. The van der Waals surface area contributed by atoms with E-state index in [1.54, 1.807) is 12.1 Å². The molecule has 6 heteroatoms. The van der Waals surface area contributed by atoms with Gasteiger partial charge in [-0.1, -0.05) is 37.3 Å². The Balaban J connectivity index is 1.54. The molecule has 1 amide bonds. The average molecular weight is 400 g/mol. The fraction of sp³-hybridized carbons (Fsp3) is 0.435. The van der Waals surface area contributed by atoms with Crippen molar-refractivity contribution in [2.24, 2.45) is 0 Å². The summed E-state index contributed by atoms with van der Waals surface area (Å²) in [4.78, 5) is 17.3. The van der Waals surface area contributed by atoms with Crippen LogP contribution in [0, 0.1) is 5.82 Å². The second kappa shape index (κ2) is 10.4. The summed E-state index contributed by atoms with van der Waals surface area (Å²) in [7, 11) is 1.42. The summed E-state index contributed by atoms with van der Waals surface area (Å²) in [5, 5.41) is 2.97. The van der Waals surface area contributed by atoms with E-state index in [9.17, 15) is 9.18 Å². The Kier molecular flexibility index (Phi) is 7.61. The van der Waals surface area contributed by atoms with Gasteiger partial charge in [-0.25, -0.2) is 4.39 Å². The molecule has 0 radical (unpaired) electrons. The third-order valence-corrected chi connectivity index (χ3v) is 5.48. The molecule has 29 heavy (non-hydrogen) atoms. The van der Waals surface area contributed by atoms with Gasteiger partial charge >= 0.3 is 0 Å². The number of carbonyl (C=O) groups excluding carboxylic acids is 1. The minimum absolute atomic E-state index is 0.124. The van der Waals surface area contributed by atoms with Crippen molar-refractivity contribution in [3.8, 4) is 5.75 Å². The summed E-state index contributed by atoms with van der Waals surface area (Å²) >= 11 is 0. The van der Waals surface area contributed by atoms with E-state index in [0.29, 0.717) is 12.1 Å². The summed E-state index contributed by atoms with van der Waals surface area (Å²) < 4.78 is 18.7. The highest BCUT2D eigenvalue weighted by molar-refractivity contribution is 5.78. The van der Waals surface area contributed by atoms with Crippen molar-refractivity contribution in [3.05, 3.63) is 65.0 Å². The van der Waals surface area contributed by atoms with Crippen molar-refractivity contribution >= 4 is 5.91 Å². The first kappa shape index (κ1) is 21.3. The number of carbonyl (C=O) groups is 1. The molecule has 0 atom stereocenters. The van der Waals surface area contributed by atoms with Crippen LogP contribution in [0.5, 0.6) is 5.75 Å². The zero-order valence-electron chi connectivity index (χ0n) is 17.3. The zero-order chi connectivity index (χ0) is 20.6. The minimum Gasteiger partial charge on any atom is -0.494 e. The van der Waals surface area contributed by atoms with Crippen LogP contribution in [-0.4, -0.2) is 55.5 Å². The van der Waals surface area contributed by atoms with Gasteiger partial charge in [-0.2, -0.15) is 0 Å². The Hall–Kier alpha value is -2.44. The minimum atomic E-state index is -0.452. The smallest absolute Gasteiger partial charge is 0.224 e. The molecule has 0 spiro atoms. The zero-order valence-corrected chi connectivity index (χ0v) is 17.3. The highest BCUT2D eigenvalue weighted by atomic mass is 19.1. The van der Waals surface area contributed by atoms with Crippen LogP contribution in [0.25, 0.3) is 0 Å². The van der Waals surface area contributed by atoms with Gasteiger partial charge in [0, 0.05) is 39.3 Å². The standard InChI is InChI=1S/C23H30FN3O2/c1-3-26-10-12-27(13-11-26)17-20-7-5-4-6-19(20)16-25-23(28)15-18-8-9-22(29-2)21(24)14-18/h4-9,14H,3,10-13,15-17H2,1-2H3,(H,25,28). The molecule has 0 bridgehead atoms. The third-order valence-electron chi connectivity index (χ3n) is 5.48. The van der Waals surface area contributed by atoms with Crippen LogP contribution < -0.4 is 10.1 Å². The van der Waals surface area contributed by atoms with Crippen LogP contribution in [0.3, 0.4) is 0 Å². The molecular formula is C23H30FN3O2. The van der Waals surface area contributed by atoms with Crippen LogP contribution in [-0.2, 0) is 24.3 Å². The number of hydrogen-bond acceptors (Lipinski definition) is 4. The molecule has 1 aliphatic heterocycles. The first-order valence-electron chi connectivity index (χ1n) is 10.2. The number of nitrogens with one attached hydrogen (secondary N) is 1. The predicted octanol–water partition coefficient (Wildman–Crippen LogP) is 2.83. The van der Waals surface area contributed by atoms with Gasteiger partial charge in [-0.3, -0.25) is 9.69 Å². The molecule has 0 aromatic heterocycles. The third kappa shape index (κ3) is 6.02. The maximum absolute atomic E-state index is 13.8. The Morgan fingerprint density at radius 2 is 1.76 bits per heavy atom. The Morgan fingerprint density at radius 1 is 1.07 bits per heavy atom. The molecule has 0 saturated carbocycles. The molecule has 5 nitrogen and oxygen atoms in total. The van der Waals surface area contributed by atoms with E-state index in [-0.39, 0.29) is 18.1 Å². The van der Waals surface area contributed by atoms with E-state index < -0.39 is 5.82 Å². The van der Waals surface area contributed by atoms with Crippen LogP contribution in [0.4, 0.5) is 4.39 Å². The molecule has 1 N–H and O–H groups in total. The number of benzene rings is 2. The van der Waals surface area contributed by atoms with Gasteiger partial charge in [0.05, 0.1) is 13.5 Å². The molecule has 156 valence electrons. The monoisotopic (exact) mass is 399 g/mol. The predicted molar refractivity (Wildman–Crippen MR) is 112 cm³/mol. The van der Waals surface area contributed by atoms with E-state index >= 15 is 0 Å². The summed E-state index contributed by atoms with van der Waals surface area (Å²) in [5.74, 6) is -0.393. The maximum Gasteiger partial charge on any atom is 0.224 e. The highest BCUT2D eigenvalue weighted by Crippen LogP contribution is 2.18. The van der Waals surface area contributed by atoms with Crippen molar-refractivity contribution in [2.45, 2.75) is 26.4 Å². The summed E-state index contributed by atoms with van der Waals surface area (Å²) in [6, 6.07) is 12.8. The number of ether oxygens (including phenoxy) is 1. The molecule has 1 heterocycles. The fourth-order valence-corrected chi connectivity index (χ4v) is 3.65. The topological polar surface area (TPSA) is 44.8 Å². The van der Waals surface area contributed by atoms with Crippen LogP contribution in [0.1, 0.15) is 23.6 Å². The van der Waals surface area contributed by atoms with E-state index in [0.717, 1.165) is 44.8 Å². The lowest BCUT2D eigenvalue weighted by Gasteiger charge is -2.34. The van der Waals surface area contributed by atoms with Crippen molar-refractivity contribution in [1.29, 1.82) is 0 Å². The molecule has 2 aromatic rings. The molecule has 1 saturated heterocycles. The number of rotatable bonds is 8. The van der Waals surface area contributed by atoms with E-state index in [2.05, 4.69) is 34.2 Å². The Labute approximate surface area is 172 Å². The Bertz CT molecular complexity index is 820. The maximum atomic E-state index is 13.8. The van der Waals surface area contributed by atoms with Gasteiger partial charge in [0.15, 0.2) is 11.6 Å². The number of likely N-dealkylation sites (N-methyl/N-ethyl adjacent to an activating group) is 1. The summed E-state index contributed by atoms with van der Waals surface area (Å²) in [5.41, 5.74) is 3.00. The molecule has 2 aromatic carbocycles. The largest absolute Gasteiger partial charge is 0.494 e. The molecule has 1 aliphatic rings. The lowest BCUT2D eigenvalue weighted by Crippen LogP contribution is -2.45. The SMILES string of the molecule is CCN1CCN(Cc2ccccc2CNC(=O)Cc2ccc(OC)c(F)c2)CC1. The molecule has 0 unspecified atom stereocenters. The van der Waals surface area contributed by atoms with Gasteiger partial charge in [-0.15, -0.1) is 0 Å².